The largest absolute Gasteiger partial charge is 0.454 e. The molecule has 0 aromatic rings. The van der Waals surface area contributed by atoms with Crippen molar-refractivity contribution in [3.63, 3.8) is 0 Å². The molecule has 0 radical (unpaired) electrons. The first kappa shape index (κ1) is 72.6. The van der Waals surface area contributed by atoms with Gasteiger partial charge >= 0.3 is 5.97 Å². The van der Waals surface area contributed by atoms with E-state index in [4.69, 9.17) is 14.2 Å². The molecule has 0 aromatic carbocycles. The van der Waals surface area contributed by atoms with Crippen molar-refractivity contribution in [2.24, 2.45) is 0 Å². The molecule has 77 heavy (non-hydrogen) atoms. The first-order valence-corrected chi connectivity index (χ1v) is 32.4. The van der Waals surface area contributed by atoms with E-state index in [-0.39, 0.29) is 13.0 Å². The van der Waals surface area contributed by atoms with Crippen molar-refractivity contribution in [3.05, 3.63) is 48.6 Å². The van der Waals surface area contributed by atoms with E-state index in [2.05, 4.69) is 62.5 Å². The van der Waals surface area contributed by atoms with E-state index in [0.29, 0.717) is 19.3 Å². The standard InChI is InChI=1S/C66H121NO10/c1-4-7-10-13-16-19-22-23-24-25-26-27-28-29-30-31-32-33-34-35-36-39-41-44-47-50-53-59(70)65(74)67-57(58(69)52-49-46-43-40-37-20-17-14-11-8-5-2)56-75-66-64(63(73)62(72)60(55-68)76-66)77-61(71)54-51-48-45-42-38-21-18-15-12-9-6-3/h16,19,23-24,26-27,49,52,57-60,62-64,66,68-70,72-73H,4-15,17-18,20-22,25,28-48,50-51,53-56H2,1-3H3,(H,67,74)/b19-16-,24-23-,27-26-,52-49+. The molecule has 1 amide bonds. The van der Waals surface area contributed by atoms with E-state index in [9.17, 15) is 35.1 Å². The molecule has 6 N–H and O–H groups in total. The summed E-state index contributed by atoms with van der Waals surface area (Å²) >= 11 is 0. The second-order valence-corrected chi connectivity index (χ2v) is 22.5. The van der Waals surface area contributed by atoms with Crippen LogP contribution in [0.3, 0.4) is 0 Å². The van der Waals surface area contributed by atoms with Gasteiger partial charge in [0.25, 0.3) is 0 Å². The summed E-state index contributed by atoms with van der Waals surface area (Å²) in [7, 11) is 0. The van der Waals surface area contributed by atoms with Crippen LogP contribution in [0.15, 0.2) is 48.6 Å². The summed E-state index contributed by atoms with van der Waals surface area (Å²) in [6, 6.07) is -1.02. The van der Waals surface area contributed by atoms with Crippen molar-refractivity contribution in [3.8, 4) is 0 Å². The second kappa shape index (κ2) is 54.2. The summed E-state index contributed by atoms with van der Waals surface area (Å²) in [5.74, 6) is -1.19. The molecule has 1 rings (SSSR count). The molecule has 11 nitrogen and oxygen atoms in total. The Morgan fingerprint density at radius 3 is 1.36 bits per heavy atom. The van der Waals surface area contributed by atoms with Gasteiger partial charge in [-0.3, -0.25) is 9.59 Å². The van der Waals surface area contributed by atoms with Gasteiger partial charge in [0.15, 0.2) is 12.4 Å². The Morgan fingerprint density at radius 1 is 0.506 bits per heavy atom. The lowest BCUT2D eigenvalue weighted by molar-refractivity contribution is -0.305. The van der Waals surface area contributed by atoms with Gasteiger partial charge in [-0.1, -0.05) is 275 Å². The van der Waals surface area contributed by atoms with E-state index in [0.717, 1.165) is 70.6 Å². The van der Waals surface area contributed by atoms with Gasteiger partial charge in [0, 0.05) is 6.42 Å². The second-order valence-electron chi connectivity index (χ2n) is 22.5. The van der Waals surface area contributed by atoms with Crippen LogP contribution in [0.4, 0.5) is 0 Å². The number of carbonyl (C=O) groups excluding carboxylic acids is 2. The van der Waals surface area contributed by atoms with Gasteiger partial charge in [-0.25, -0.2) is 0 Å². The highest BCUT2D eigenvalue weighted by Crippen LogP contribution is 2.26. The minimum atomic E-state index is -1.61. The highest BCUT2D eigenvalue weighted by molar-refractivity contribution is 5.80. The molecule has 8 atom stereocenters. The van der Waals surface area contributed by atoms with Crippen molar-refractivity contribution in [2.45, 2.75) is 346 Å². The first-order chi connectivity index (χ1) is 37.7. The van der Waals surface area contributed by atoms with E-state index < -0.39 is 67.4 Å². The maximum Gasteiger partial charge on any atom is 0.306 e. The van der Waals surface area contributed by atoms with Crippen molar-refractivity contribution in [1.82, 2.24) is 5.32 Å². The lowest BCUT2D eigenvalue weighted by Crippen LogP contribution is -2.61. The average Bonchev–Trinajstić information content (AvgIpc) is 3.43. The van der Waals surface area contributed by atoms with E-state index in [1.165, 1.54) is 180 Å². The number of amides is 1. The molecule has 0 aliphatic carbocycles. The SMILES string of the molecule is CCCCC/C=C\C/C=C\C/C=C\CCCCCCCCCCCCCCCC(O)C(=O)NC(COC1OC(CO)C(O)C(O)C1OC(=O)CCCCCCCCCCCCC)C(O)/C=C/CCCCCCCCCCC. The Kier molecular flexibility index (Phi) is 51.1. The van der Waals surface area contributed by atoms with E-state index >= 15 is 0 Å². The lowest BCUT2D eigenvalue weighted by Gasteiger charge is -2.41. The highest BCUT2D eigenvalue weighted by Gasteiger charge is 2.47. The molecule has 1 aliphatic heterocycles. The summed E-state index contributed by atoms with van der Waals surface area (Å²) in [6.07, 6.45) is 56.0. The summed E-state index contributed by atoms with van der Waals surface area (Å²) in [4.78, 5) is 26.5. The maximum absolute atomic E-state index is 13.4. The van der Waals surface area contributed by atoms with Gasteiger partial charge < -0.3 is 45.1 Å². The zero-order valence-corrected chi connectivity index (χ0v) is 49.8. The topological polar surface area (TPSA) is 175 Å². The quantitative estimate of drug-likeness (QED) is 0.0195. The number of ether oxygens (including phenoxy) is 3. The first-order valence-electron chi connectivity index (χ1n) is 32.4. The molecule has 0 spiro atoms. The fourth-order valence-corrected chi connectivity index (χ4v) is 10.1. The van der Waals surface area contributed by atoms with Crippen LogP contribution >= 0.6 is 0 Å². The van der Waals surface area contributed by atoms with E-state index in [1.54, 1.807) is 6.08 Å². The normalized spacial score (nSPS) is 19.3. The van der Waals surface area contributed by atoms with Crippen LogP contribution in [-0.2, 0) is 23.8 Å². The number of aliphatic hydroxyl groups excluding tert-OH is 5. The number of hydrogen-bond donors (Lipinski definition) is 6. The minimum absolute atomic E-state index is 0.127. The predicted molar refractivity (Wildman–Crippen MR) is 320 cm³/mol. The number of rotatable bonds is 55. The molecule has 8 unspecified atom stereocenters. The molecule has 0 saturated carbocycles. The van der Waals surface area contributed by atoms with Crippen molar-refractivity contribution in [2.75, 3.05) is 13.2 Å². The maximum atomic E-state index is 13.4. The van der Waals surface area contributed by atoms with Crippen molar-refractivity contribution < 1.29 is 49.3 Å². The van der Waals surface area contributed by atoms with Crippen molar-refractivity contribution >= 4 is 11.9 Å². The Labute approximate surface area is 472 Å². The monoisotopic (exact) mass is 1090 g/mol. The zero-order valence-electron chi connectivity index (χ0n) is 49.8. The lowest BCUT2D eigenvalue weighted by atomic mass is 9.99. The zero-order chi connectivity index (χ0) is 56.1. The number of nitrogens with one attached hydrogen (secondary N) is 1. The molecular weight excluding hydrogens is 967 g/mol. The van der Waals surface area contributed by atoms with Gasteiger partial charge in [0.1, 0.15) is 24.4 Å². The molecule has 1 aliphatic rings. The molecule has 1 saturated heterocycles. The molecule has 0 aromatic heterocycles. The minimum Gasteiger partial charge on any atom is -0.454 e. The highest BCUT2D eigenvalue weighted by atomic mass is 16.7. The molecular formula is C66H121NO10. The Bertz CT molecular complexity index is 1440. The molecule has 0 bridgehead atoms. The van der Waals surface area contributed by atoms with Crippen LogP contribution in [0.2, 0.25) is 0 Å². The van der Waals surface area contributed by atoms with Gasteiger partial charge in [0.2, 0.25) is 5.91 Å². The van der Waals surface area contributed by atoms with Crippen LogP contribution in [0.1, 0.15) is 297 Å². The summed E-state index contributed by atoms with van der Waals surface area (Å²) in [5, 5.41) is 56.9. The fourth-order valence-electron chi connectivity index (χ4n) is 10.1. The number of esters is 1. The molecule has 1 heterocycles. The Morgan fingerprint density at radius 2 is 0.896 bits per heavy atom. The number of aliphatic hydroxyl groups is 5. The van der Waals surface area contributed by atoms with Crippen LogP contribution in [0.5, 0.6) is 0 Å². The smallest absolute Gasteiger partial charge is 0.306 e. The summed E-state index contributed by atoms with van der Waals surface area (Å²) in [6.45, 7) is 5.75. The predicted octanol–water partition coefficient (Wildman–Crippen LogP) is 15.6. The number of carbonyl (C=O) groups is 2. The van der Waals surface area contributed by atoms with Gasteiger partial charge in [-0.05, 0) is 64.2 Å². The van der Waals surface area contributed by atoms with Crippen LogP contribution in [-0.4, -0.2) is 99.6 Å². The number of allylic oxidation sites excluding steroid dienone is 7. The van der Waals surface area contributed by atoms with Crippen LogP contribution in [0.25, 0.3) is 0 Å². The Hall–Kier alpha value is -2.38. The Balaban J connectivity index is 2.55. The van der Waals surface area contributed by atoms with Gasteiger partial charge in [-0.15, -0.1) is 0 Å². The molecule has 450 valence electrons. The number of unbranched alkanes of at least 4 members (excludes halogenated alkanes) is 35. The van der Waals surface area contributed by atoms with Crippen molar-refractivity contribution in [1.29, 1.82) is 0 Å². The third kappa shape index (κ3) is 42.2. The summed E-state index contributed by atoms with van der Waals surface area (Å²) in [5.41, 5.74) is 0. The number of hydrogen-bond acceptors (Lipinski definition) is 10. The van der Waals surface area contributed by atoms with Gasteiger partial charge in [0.05, 0.1) is 25.4 Å². The fraction of sp³-hybridized carbons (Fsp3) is 0.848. The third-order valence-corrected chi connectivity index (χ3v) is 15.2. The van der Waals surface area contributed by atoms with Crippen LogP contribution in [0, 0.1) is 0 Å². The summed E-state index contributed by atoms with van der Waals surface area (Å²) < 4.78 is 17.6. The molecule has 1 fully saturated rings. The third-order valence-electron chi connectivity index (χ3n) is 15.2. The average molecular weight is 1090 g/mol. The molecule has 11 heteroatoms. The van der Waals surface area contributed by atoms with Crippen LogP contribution < -0.4 is 5.32 Å². The van der Waals surface area contributed by atoms with Gasteiger partial charge in [-0.2, -0.15) is 0 Å². The van der Waals surface area contributed by atoms with E-state index in [1.807, 2.05) is 6.08 Å².